The zero-order chi connectivity index (χ0) is 16.0. The molecule has 6 nitrogen and oxygen atoms in total. The zero-order valence-corrected chi connectivity index (χ0v) is 15.3. The highest BCUT2D eigenvalue weighted by atomic mass is 35.5. The molecule has 9 heteroatoms. The Balaban J connectivity index is 0.00000192. The Hall–Kier alpha value is -0.670. The summed E-state index contributed by atoms with van der Waals surface area (Å²) in [5.74, 6) is 0. The molecule has 0 saturated carbocycles. The fourth-order valence-corrected chi connectivity index (χ4v) is 5.27. The largest absolute Gasteiger partial charge is 0.310 e. The lowest BCUT2D eigenvalue weighted by Crippen LogP contribution is -2.39. The molecule has 23 heavy (non-hydrogen) atoms. The summed E-state index contributed by atoms with van der Waals surface area (Å²) in [7, 11) is -6.89. The Labute approximate surface area is 143 Å². The van der Waals surface area contributed by atoms with E-state index in [0.29, 0.717) is 19.1 Å². The molecular formula is C14H21ClN2O4S2. The second kappa shape index (κ2) is 6.68. The van der Waals surface area contributed by atoms with E-state index >= 15 is 0 Å². The molecule has 130 valence electrons. The van der Waals surface area contributed by atoms with Crippen LogP contribution in [0.25, 0.3) is 0 Å². The second-order valence-electron chi connectivity index (χ2n) is 6.03. The van der Waals surface area contributed by atoms with Gasteiger partial charge < -0.3 is 5.32 Å². The standard InChI is InChI=1S/C14H20N2O4S2.ClH/c1-21(17,18)13-4-6-14(7-5-13)22(19,20)16-9-8-11-2-3-12(10-16)15-11;/h4-7,11-12,15H,2-3,8-10H2,1H3;1H. The molecule has 2 fully saturated rings. The van der Waals surface area contributed by atoms with E-state index in [1.807, 2.05) is 0 Å². The van der Waals surface area contributed by atoms with Crippen LogP contribution in [0.4, 0.5) is 0 Å². The third kappa shape index (κ3) is 3.88. The Morgan fingerprint density at radius 2 is 1.52 bits per heavy atom. The summed E-state index contributed by atoms with van der Waals surface area (Å²) >= 11 is 0. The van der Waals surface area contributed by atoms with Crippen molar-refractivity contribution in [2.75, 3.05) is 19.3 Å². The van der Waals surface area contributed by atoms with Gasteiger partial charge in [-0.2, -0.15) is 4.31 Å². The number of fused-ring (bicyclic) bond motifs is 2. The Bertz CT molecular complexity index is 762. The van der Waals surface area contributed by atoms with Gasteiger partial charge in [-0.25, -0.2) is 16.8 Å². The first kappa shape index (κ1) is 18.7. The zero-order valence-electron chi connectivity index (χ0n) is 12.8. The van der Waals surface area contributed by atoms with Crippen molar-refractivity contribution < 1.29 is 16.8 Å². The van der Waals surface area contributed by atoms with Gasteiger partial charge in [-0.15, -0.1) is 12.4 Å². The van der Waals surface area contributed by atoms with Gasteiger partial charge in [0, 0.05) is 31.4 Å². The average Bonchev–Trinajstić information content (AvgIpc) is 2.77. The number of nitrogens with zero attached hydrogens (tertiary/aromatic N) is 1. The monoisotopic (exact) mass is 380 g/mol. The second-order valence-corrected chi connectivity index (χ2v) is 9.99. The average molecular weight is 381 g/mol. The smallest absolute Gasteiger partial charge is 0.243 e. The van der Waals surface area contributed by atoms with E-state index in [0.717, 1.165) is 25.5 Å². The maximum absolute atomic E-state index is 12.7. The summed E-state index contributed by atoms with van der Waals surface area (Å²) < 4.78 is 49.9. The minimum absolute atomic E-state index is 0. The number of hydrogen-bond donors (Lipinski definition) is 1. The molecule has 2 unspecified atom stereocenters. The first-order valence-corrected chi connectivity index (χ1v) is 10.7. The highest BCUT2D eigenvalue weighted by Crippen LogP contribution is 2.25. The molecule has 0 spiro atoms. The van der Waals surface area contributed by atoms with Crippen LogP contribution in [-0.2, 0) is 19.9 Å². The molecule has 2 atom stereocenters. The maximum Gasteiger partial charge on any atom is 0.243 e. The molecule has 1 aromatic carbocycles. The lowest BCUT2D eigenvalue weighted by atomic mass is 10.1. The van der Waals surface area contributed by atoms with Gasteiger partial charge >= 0.3 is 0 Å². The molecule has 2 saturated heterocycles. The number of nitrogens with one attached hydrogen (secondary N) is 1. The first-order valence-electron chi connectivity index (χ1n) is 7.33. The SMILES string of the molecule is CS(=O)(=O)c1ccc(S(=O)(=O)N2CCC3CCC(C2)N3)cc1.Cl. The molecule has 2 aliphatic heterocycles. The molecule has 0 aliphatic carbocycles. The summed E-state index contributed by atoms with van der Waals surface area (Å²) in [6.07, 6.45) is 4.04. The molecule has 0 radical (unpaired) electrons. The molecule has 0 amide bonds. The van der Waals surface area contributed by atoms with E-state index in [9.17, 15) is 16.8 Å². The van der Waals surface area contributed by atoms with E-state index in [1.165, 1.54) is 28.6 Å². The van der Waals surface area contributed by atoms with Crippen LogP contribution in [0.1, 0.15) is 19.3 Å². The van der Waals surface area contributed by atoms with E-state index < -0.39 is 19.9 Å². The molecule has 2 aliphatic rings. The number of sulfone groups is 1. The van der Waals surface area contributed by atoms with Gasteiger partial charge in [0.1, 0.15) is 0 Å². The van der Waals surface area contributed by atoms with Crippen LogP contribution >= 0.6 is 12.4 Å². The predicted octanol–water partition coefficient (Wildman–Crippen LogP) is 1.03. The van der Waals surface area contributed by atoms with E-state index in [1.54, 1.807) is 0 Å². The quantitative estimate of drug-likeness (QED) is 0.846. The molecule has 1 aromatic rings. The first-order chi connectivity index (χ1) is 10.3. The fourth-order valence-electron chi connectivity index (χ4n) is 3.14. The topological polar surface area (TPSA) is 83.5 Å². The van der Waals surface area contributed by atoms with Crippen LogP contribution in [0.5, 0.6) is 0 Å². The van der Waals surface area contributed by atoms with Crippen LogP contribution < -0.4 is 5.32 Å². The summed E-state index contributed by atoms with van der Waals surface area (Å²) in [5, 5.41) is 3.45. The van der Waals surface area contributed by atoms with E-state index in [2.05, 4.69) is 5.32 Å². The van der Waals surface area contributed by atoms with E-state index in [-0.39, 0.29) is 28.2 Å². The molecule has 1 N–H and O–H groups in total. The molecule has 2 bridgehead atoms. The Kier molecular flexibility index (Phi) is 5.42. The summed E-state index contributed by atoms with van der Waals surface area (Å²) in [4.78, 5) is 0.278. The van der Waals surface area contributed by atoms with Crippen LogP contribution in [0.15, 0.2) is 34.1 Å². The molecule has 2 heterocycles. The summed E-state index contributed by atoms with van der Waals surface area (Å²) in [6.45, 7) is 0.983. The van der Waals surface area contributed by atoms with Crippen LogP contribution in [0.3, 0.4) is 0 Å². The van der Waals surface area contributed by atoms with Crippen LogP contribution in [-0.4, -0.2) is 52.6 Å². The van der Waals surface area contributed by atoms with Gasteiger partial charge in [-0.1, -0.05) is 0 Å². The fraction of sp³-hybridized carbons (Fsp3) is 0.571. The van der Waals surface area contributed by atoms with Crippen molar-refractivity contribution in [2.45, 2.75) is 41.1 Å². The molecular weight excluding hydrogens is 360 g/mol. The number of rotatable bonds is 3. The van der Waals surface area contributed by atoms with Crippen LogP contribution in [0.2, 0.25) is 0 Å². The number of sulfonamides is 1. The Morgan fingerprint density at radius 1 is 0.957 bits per heavy atom. The molecule has 0 aromatic heterocycles. The van der Waals surface area contributed by atoms with Crippen LogP contribution in [0, 0.1) is 0 Å². The highest BCUT2D eigenvalue weighted by molar-refractivity contribution is 7.90. The van der Waals surface area contributed by atoms with Gasteiger partial charge in [0.2, 0.25) is 10.0 Å². The Morgan fingerprint density at radius 3 is 2.13 bits per heavy atom. The van der Waals surface area contributed by atoms with Crippen molar-refractivity contribution in [3.63, 3.8) is 0 Å². The number of hydrogen-bond acceptors (Lipinski definition) is 5. The van der Waals surface area contributed by atoms with Gasteiger partial charge in [0.15, 0.2) is 9.84 Å². The number of halogens is 1. The van der Waals surface area contributed by atoms with Gasteiger partial charge in [-0.05, 0) is 43.5 Å². The van der Waals surface area contributed by atoms with Gasteiger partial charge in [0.05, 0.1) is 9.79 Å². The van der Waals surface area contributed by atoms with Crippen molar-refractivity contribution in [3.8, 4) is 0 Å². The lowest BCUT2D eigenvalue weighted by Gasteiger charge is -2.23. The van der Waals surface area contributed by atoms with E-state index in [4.69, 9.17) is 0 Å². The highest BCUT2D eigenvalue weighted by Gasteiger charge is 2.34. The van der Waals surface area contributed by atoms with Crippen molar-refractivity contribution in [2.24, 2.45) is 0 Å². The third-order valence-corrected chi connectivity index (χ3v) is 7.38. The van der Waals surface area contributed by atoms with Gasteiger partial charge in [-0.3, -0.25) is 0 Å². The minimum Gasteiger partial charge on any atom is -0.310 e. The normalized spacial score (nSPS) is 25.6. The van der Waals surface area contributed by atoms with Crippen molar-refractivity contribution >= 4 is 32.3 Å². The predicted molar refractivity (Wildman–Crippen MR) is 90.1 cm³/mol. The molecule has 3 rings (SSSR count). The number of benzene rings is 1. The maximum atomic E-state index is 12.7. The van der Waals surface area contributed by atoms with Crippen molar-refractivity contribution in [1.82, 2.24) is 9.62 Å². The van der Waals surface area contributed by atoms with Crippen molar-refractivity contribution in [1.29, 1.82) is 0 Å². The summed E-state index contributed by atoms with van der Waals surface area (Å²) in [6, 6.07) is 6.09. The lowest BCUT2D eigenvalue weighted by molar-refractivity contribution is 0.383. The summed E-state index contributed by atoms with van der Waals surface area (Å²) in [5.41, 5.74) is 0. The van der Waals surface area contributed by atoms with Crippen molar-refractivity contribution in [3.05, 3.63) is 24.3 Å². The minimum atomic E-state index is -3.57. The third-order valence-electron chi connectivity index (χ3n) is 4.38. The van der Waals surface area contributed by atoms with Gasteiger partial charge in [0.25, 0.3) is 0 Å².